The van der Waals surface area contributed by atoms with E-state index >= 15 is 0 Å². The fourth-order valence-corrected chi connectivity index (χ4v) is 2.63. The zero-order chi connectivity index (χ0) is 12.4. The summed E-state index contributed by atoms with van der Waals surface area (Å²) in [6, 6.07) is 8.59. The van der Waals surface area contributed by atoms with Crippen LogP contribution in [-0.4, -0.2) is 16.2 Å². The van der Waals surface area contributed by atoms with E-state index in [9.17, 15) is 0 Å². The topological polar surface area (TPSA) is 27.1 Å². The lowest BCUT2D eigenvalue weighted by Gasteiger charge is -2.26. The highest BCUT2D eigenvalue weighted by molar-refractivity contribution is 5.30. The van der Waals surface area contributed by atoms with Crippen molar-refractivity contribution in [1.82, 2.24) is 9.55 Å². The molecule has 0 aliphatic carbocycles. The first-order valence-electron chi connectivity index (χ1n) is 6.58. The molecule has 1 aliphatic heterocycles. The number of imidazole rings is 1. The number of ether oxygens (including phenoxy) is 1. The van der Waals surface area contributed by atoms with E-state index in [1.54, 1.807) is 0 Å². The van der Waals surface area contributed by atoms with Crippen molar-refractivity contribution in [3.63, 3.8) is 0 Å². The van der Waals surface area contributed by atoms with Crippen molar-refractivity contribution in [2.75, 3.05) is 6.61 Å². The van der Waals surface area contributed by atoms with Gasteiger partial charge in [-0.15, -0.1) is 0 Å². The first-order chi connectivity index (χ1) is 8.88. The van der Waals surface area contributed by atoms with Crippen molar-refractivity contribution in [3.05, 3.63) is 53.6 Å². The molecule has 1 aromatic heterocycles. The molecule has 1 atom stereocenters. The van der Waals surface area contributed by atoms with Crippen LogP contribution in [0, 0.1) is 0 Å². The van der Waals surface area contributed by atoms with Crippen LogP contribution in [0.4, 0.5) is 0 Å². The summed E-state index contributed by atoms with van der Waals surface area (Å²) in [6.07, 6.45) is 6.06. The van der Waals surface area contributed by atoms with E-state index in [2.05, 4.69) is 40.7 Å². The van der Waals surface area contributed by atoms with Crippen LogP contribution in [0.1, 0.15) is 30.0 Å². The second kappa shape index (κ2) is 4.94. The van der Waals surface area contributed by atoms with Gasteiger partial charge < -0.3 is 9.30 Å². The summed E-state index contributed by atoms with van der Waals surface area (Å²) >= 11 is 0. The zero-order valence-corrected chi connectivity index (χ0v) is 10.7. The molecule has 1 aromatic carbocycles. The number of aryl methyl sites for hydroxylation is 1. The van der Waals surface area contributed by atoms with Gasteiger partial charge in [0.2, 0.25) is 0 Å². The molecular weight excluding hydrogens is 224 g/mol. The van der Waals surface area contributed by atoms with E-state index in [0.717, 1.165) is 31.8 Å². The molecule has 3 heteroatoms. The van der Waals surface area contributed by atoms with Gasteiger partial charge in [0.1, 0.15) is 11.9 Å². The number of rotatable bonds is 3. The van der Waals surface area contributed by atoms with Gasteiger partial charge in [-0.3, -0.25) is 0 Å². The van der Waals surface area contributed by atoms with Crippen LogP contribution >= 0.6 is 0 Å². The molecule has 2 aromatic rings. The summed E-state index contributed by atoms with van der Waals surface area (Å²) < 4.78 is 8.13. The predicted octanol–water partition coefficient (Wildman–Crippen LogP) is 2.76. The molecule has 94 valence electrons. The summed E-state index contributed by atoms with van der Waals surface area (Å²) in [6.45, 7) is 3.81. The van der Waals surface area contributed by atoms with Crippen molar-refractivity contribution in [3.8, 4) is 0 Å². The Morgan fingerprint density at radius 2 is 2.28 bits per heavy atom. The van der Waals surface area contributed by atoms with Gasteiger partial charge in [-0.05, 0) is 17.5 Å². The fraction of sp³-hybridized carbons (Fsp3) is 0.400. The zero-order valence-electron chi connectivity index (χ0n) is 10.7. The number of nitrogens with zero attached hydrogens (tertiary/aromatic N) is 2. The third-order valence-corrected chi connectivity index (χ3v) is 3.57. The highest BCUT2D eigenvalue weighted by Crippen LogP contribution is 2.28. The summed E-state index contributed by atoms with van der Waals surface area (Å²) in [5.41, 5.74) is 2.76. The average molecular weight is 242 g/mol. The molecule has 0 saturated carbocycles. The highest BCUT2D eigenvalue weighted by Gasteiger charge is 2.21. The van der Waals surface area contributed by atoms with Crippen LogP contribution in [0.25, 0.3) is 0 Å². The second-order valence-corrected chi connectivity index (χ2v) is 4.66. The van der Waals surface area contributed by atoms with Crippen LogP contribution in [-0.2, 0) is 24.1 Å². The molecule has 3 rings (SSSR count). The molecule has 2 heterocycles. The van der Waals surface area contributed by atoms with E-state index in [0.29, 0.717) is 0 Å². The Bertz CT molecular complexity index is 533. The van der Waals surface area contributed by atoms with Crippen LogP contribution in [0.2, 0.25) is 0 Å². The molecule has 0 bridgehead atoms. The average Bonchev–Trinajstić information content (AvgIpc) is 2.86. The van der Waals surface area contributed by atoms with Gasteiger partial charge in [0.15, 0.2) is 0 Å². The van der Waals surface area contributed by atoms with Crippen molar-refractivity contribution < 1.29 is 4.74 Å². The summed E-state index contributed by atoms with van der Waals surface area (Å²) in [5.74, 6) is 1.13. The van der Waals surface area contributed by atoms with E-state index in [-0.39, 0.29) is 6.10 Å². The molecule has 18 heavy (non-hydrogen) atoms. The van der Waals surface area contributed by atoms with Gasteiger partial charge in [-0.25, -0.2) is 4.98 Å². The Morgan fingerprint density at radius 1 is 1.39 bits per heavy atom. The second-order valence-electron chi connectivity index (χ2n) is 4.66. The Balaban J connectivity index is 1.86. The SMILES string of the molecule is CCc1nccn1CC1OCCc2ccccc21. The molecule has 0 radical (unpaired) electrons. The highest BCUT2D eigenvalue weighted by atomic mass is 16.5. The molecule has 1 aliphatic rings. The van der Waals surface area contributed by atoms with Gasteiger partial charge in [0.25, 0.3) is 0 Å². The van der Waals surface area contributed by atoms with Gasteiger partial charge in [-0.2, -0.15) is 0 Å². The molecule has 3 nitrogen and oxygen atoms in total. The molecule has 1 unspecified atom stereocenters. The molecular formula is C15H18N2O. The number of hydrogen-bond acceptors (Lipinski definition) is 2. The third-order valence-electron chi connectivity index (χ3n) is 3.57. The first-order valence-corrected chi connectivity index (χ1v) is 6.58. The number of benzene rings is 1. The van der Waals surface area contributed by atoms with Gasteiger partial charge in [-0.1, -0.05) is 31.2 Å². The predicted molar refractivity (Wildman–Crippen MR) is 70.4 cm³/mol. The van der Waals surface area contributed by atoms with Crippen molar-refractivity contribution in [2.24, 2.45) is 0 Å². The lowest BCUT2D eigenvalue weighted by molar-refractivity contribution is 0.0301. The normalized spacial score (nSPS) is 18.6. The Labute approximate surface area is 107 Å². The number of aromatic nitrogens is 2. The molecule has 0 saturated heterocycles. The van der Waals surface area contributed by atoms with Gasteiger partial charge >= 0.3 is 0 Å². The van der Waals surface area contributed by atoms with E-state index in [1.165, 1.54) is 11.1 Å². The Kier molecular flexibility index (Phi) is 3.15. The fourth-order valence-electron chi connectivity index (χ4n) is 2.63. The largest absolute Gasteiger partial charge is 0.371 e. The summed E-state index contributed by atoms with van der Waals surface area (Å²) in [4.78, 5) is 4.36. The van der Waals surface area contributed by atoms with Crippen LogP contribution in [0.15, 0.2) is 36.7 Å². The number of hydrogen-bond donors (Lipinski definition) is 0. The minimum atomic E-state index is 0.162. The maximum absolute atomic E-state index is 5.93. The van der Waals surface area contributed by atoms with E-state index in [4.69, 9.17) is 4.74 Å². The van der Waals surface area contributed by atoms with E-state index in [1.807, 2.05) is 12.4 Å². The Hall–Kier alpha value is -1.61. The Morgan fingerprint density at radius 3 is 3.17 bits per heavy atom. The molecule has 0 fully saturated rings. The van der Waals surface area contributed by atoms with Crippen LogP contribution in [0.5, 0.6) is 0 Å². The molecule has 0 N–H and O–H groups in total. The maximum Gasteiger partial charge on any atom is 0.108 e. The standard InChI is InChI=1S/C15H18N2O/c1-2-15-16-8-9-17(15)11-14-13-6-4-3-5-12(13)7-10-18-14/h3-6,8-9,14H,2,7,10-11H2,1H3. The summed E-state index contributed by atoms with van der Waals surface area (Å²) in [7, 11) is 0. The minimum absolute atomic E-state index is 0.162. The van der Waals surface area contributed by atoms with Gasteiger partial charge in [0.05, 0.1) is 13.2 Å². The maximum atomic E-state index is 5.93. The smallest absolute Gasteiger partial charge is 0.108 e. The van der Waals surface area contributed by atoms with Crippen molar-refractivity contribution in [2.45, 2.75) is 32.4 Å². The molecule has 0 amide bonds. The van der Waals surface area contributed by atoms with Crippen LogP contribution < -0.4 is 0 Å². The lowest BCUT2D eigenvalue weighted by Crippen LogP contribution is -2.21. The monoisotopic (exact) mass is 242 g/mol. The molecule has 0 spiro atoms. The van der Waals surface area contributed by atoms with Crippen molar-refractivity contribution in [1.29, 1.82) is 0 Å². The van der Waals surface area contributed by atoms with Crippen LogP contribution in [0.3, 0.4) is 0 Å². The van der Waals surface area contributed by atoms with Crippen molar-refractivity contribution >= 4 is 0 Å². The van der Waals surface area contributed by atoms with Gasteiger partial charge in [0, 0.05) is 18.8 Å². The number of fused-ring (bicyclic) bond motifs is 1. The third kappa shape index (κ3) is 2.06. The van der Waals surface area contributed by atoms with E-state index < -0.39 is 0 Å². The first kappa shape index (κ1) is 11.5. The lowest BCUT2D eigenvalue weighted by atomic mass is 9.97. The summed E-state index contributed by atoms with van der Waals surface area (Å²) in [5, 5.41) is 0. The minimum Gasteiger partial charge on any atom is -0.371 e. The quantitative estimate of drug-likeness (QED) is 0.827.